The van der Waals surface area contributed by atoms with E-state index in [9.17, 15) is 4.79 Å². The highest BCUT2D eigenvalue weighted by Gasteiger charge is 2.26. The molecule has 3 aromatic rings. The van der Waals surface area contributed by atoms with Crippen LogP contribution in [0.1, 0.15) is 46.9 Å². The van der Waals surface area contributed by atoms with Crippen molar-refractivity contribution in [1.82, 2.24) is 4.98 Å². The van der Waals surface area contributed by atoms with Crippen LogP contribution in [-0.4, -0.2) is 24.2 Å². The maximum atomic E-state index is 13.0. The first kappa shape index (κ1) is 19.7. The first-order chi connectivity index (χ1) is 14.6. The zero-order valence-electron chi connectivity index (χ0n) is 17.0. The topological polar surface area (TPSA) is 72.2 Å². The fraction of sp³-hybridized carbons (Fsp3) is 0.240. The van der Waals surface area contributed by atoms with Crippen molar-refractivity contribution in [3.63, 3.8) is 0 Å². The van der Waals surface area contributed by atoms with Gasteiger partial charge >= 0.3 is 5.97 Å². The van der Waals surface area contributed by atoms with Crippen LogP contribution in [0.4, 0.5) is 0 Å². The summed E-state index contributed by atoms with van der Waals surface area (Å²) >= 11 is 0. The second-order valence-corrected chi connectivity index (χ2v) is 7.30. The van der Waals surface area contributed by atoms with Gasteiger partial charge in [-0.2, -0.15) is 5.26 Å². The van der Waals surface area contributed by atoms with Gasteiger partial charge in [0, 0.05) is 5.39 Å². The van der Waals surface area contributed by atoms with Gasteiger partial charge in [-0.05, 0) is 67.2 Å². The molecule has 1 atom stereocenters. The molecule has 4 rings (SSSR count). The smallest absolute Gasteiger partial charge is 0.340 e. The van der Waals surface area contributed by atoms with Gasteiger partial charge in [-0.1, -0.05) is 30.3 Å². The Hall–Kier alpha value is -3.65. The first-order valence-corrected chi connectivity index (χ1v) is 9.98. The first-order valence-electron chi connectivity index (χ1n) is 9.98. The Morgan fingerprint density at radius 3 is 2.67 bits per heavy atom. The minimum Gasteiger partial charge on any atom is -0.497 e. The Bertz CT molecular complexity index is 1170. The molecule has 0 fully saturated rings. The molecule has 1 aromatic heterocycles. The standard InChI is InChI=1S/C25H22N2O3/c1-16(15-26)30-25(28)23-20-7-3-4-9-22(20)27-24-18(6-5-8-21(23)24)14-17-10-12-19(29-2)13-11-17/h3-4,7,9-14,16H,5-6,8H2,1-2H3/b18-14+/t16-/m1/s1. The van der Waals surface area contributed by atoms with E-state index in [1.165, 1.54) is 0 Å². The van der Waals surface area contributed by atoms with E-state index in [4.69, 9.17) is 19.7 Å². The molecule has 0 bridgehead atoms. The van der Waals surface area contributed by atoms with Crippen molar-refractivity contribution in [3.8, 4) is 11.8 Å². The number of allylic oxidation sites excluding steroid dienone is 1. The van der Waals surface area contributed by atoms with E-state index in [-0.39, 0.29) is 0 Å². The van der Waals surface area contributed by atoms with Crippen LogP contribution < -0.4 is 4.74 Å². The molecule has 0 aliphatic heterocycles. The number of rotatable bonds is 4. The Morgan fingerprint density at radius 2 is 1.93 bits per heavy atom. The average molecular weight is 398 g/mol. The van der Waals surface area contributed by atoms with E-state index in [2.05, 4.69) is 6.08 Å². The van der Waals surface area contributed by atoms with Crippen LogP contribution in [0.5, 0.6) is 5.75 Å². The van der Waals surface area contributed by atoms with Crippen LogP contribution in [0.3, 0.4) is 0 Å². The number of carbonyl (C=O) groups excluding carboxylic acids is 1. The Labute approximate surface area is 175 Å². The van der Waals surface area contributed by atoms with Gasteiger partial charge in [0.25, 0.3) is 0 Å². The molecule has 1 aliphatic carbocycles. The van der Waals surface area contributed by atoms with Crippen molar-refractivity contribution < 1.29 is 14.3 Å². The van der Waals surface area contributed by atoms with Gasteiger partial charge in [-0.15, -0.1) is 0 Å². The number of benzene rings is 2. The highest BCUT2D eigenvalue weighted by molar-refractivity contribution is 6.06. The minimum absolute atomic E-state index is 0.468. The largest absolute Gasteiger partial charge is 0.497 e. The molecule has 1 aliphatic rings. The number of nitriles is 1. The van der Waals surface area contributed by atoms with Gasteiger partial charge in [0.15, 0.2) is 6.10 Å². The molecular formula is C25H22N2O3. The molecule has 0 unspecified atom stereocenters. The van der Waals surface area contributed by atoms with Crippen molar-refractivity contribution in [2.75, 3.05) is 7.11 Å². The summed E-state index contributed by atoms with van der Waals surface area (Å²) in [4.78, 5) is 17.9. The molecule has 0 spiro atoms. The molecule has 0 saturated heterocycles. The van der Waals surface area contributed by atoms with Crippen LogP contribution in [0.2, 0.25) is 0 Å². The molecule has 2 aromatic carbocycles. The van der Waals surface area contributed by atoms with Crippen LogP contribution in [0.15, 0.2) is 48.5 Å². The molecule has 150 valence electrons. The average Bonchev–Trinajstić information content (AvgIpc) is 2.78. The molecule has 0 saturated carbocycles. The summed E-state index contributed by atoms with van der Waals surface area (Å²) in [6.07, 6.45) is 3.86. The highest BCUT2D eigenvalue weighted by Crippen LogP contribution is 2.36. The fourth-order valence-electron chi connectivity index (χ4n) is 3.86. The number of methoxy groups -OCH3 is 1. The SMILES string of the molecule is COc1ccc(/C=C2\CCCc3c2nc2ccccc2c3C(=O)O[C@H](C)C#N)cc1. The van der Waals surface area contributed by atoms with Gasteiger partial charge in [-0.25, -0.2) is 9.78 Å². The lowest BCUT2D eigenvalue weighted by atomic mass is 9.86. The zero-order chi connectivity index (χ0) is 21.1. The number of hydrogen-bond acceptors (Lipinski definition) is 5. The molecule has 0 amide bonds. The number of carbonyl (C=O) groups is 1. The van der Waals surface area contributed by atoms with E-state index in [0.29, 0.717) is 5.56 Å². The number of nitrogens with zero attached hydrogens (tertiary/aromatic N) is 2. The third-order valence-corrected chi connectivity index (χ3v) is 5.30. The van der Waals surface area contributed by atoms with Crippen LogP contribution >= 0.6 is 0 Å². The predicted molar refractivity (Wildman–Crippen MR) is 116 cm³/mol. The van der Waals surface area contributed by atoms with E-state index >= 15 is 0 Å². The third kappa shape index (κ3) is 3.77. The molecule has 5 heteroatoms. The second kappa shape index (κ2) is 8.38. The van der Waals surface area contributed by atoms with Crippen LogP contribution in [-0.2, 0) is 11.2 Å². The summed E-state index contributed by atoms with van der Waals surface area (Å²) in [7, 11) is 1.65. The number of esters is 1. The quantitative estimate of drug-likeness (QED) is 0.566. The number of pyridine rings is 1. The van der Waals surface area contributed by atoms with E-state index in [1.54, 1.807) is 14.0 Å². The van der Waals surface area contributed by atoms with Crippen molar-refractivity contribution >= 4 is 28.5 Å². The van der Waals surface area contributed by atoms with Gasteiger partial charge in [0.1, 0.15) is 11.8 Å². The van der Waals surface area contributed by atoms with E-state index in [0.717, 1.165) is 58.3 Å². The third-order valence-electron chi connectivity index (χ3n) is 5.30. The second-order valence-electron chi connectivity index (χ2n) is 7.30. The van der Waals surface area contributed by atoms with Crippen molar-refractivity contribution in [3.05, 3.63) is 70.9 Å². The maximum absolute atomic E-state index is 13.0. The zero-order valence-corrected chi connectivity index (χ0v) is 17.0. The van der Waals surface area contributed by atoms with Crippen molar-refractivity contribution in [2.24, 2.45) is 0 Å². The van der Waals surface area contributed by atoms with Gasteiger partial charge < -0.3 is 9.47 Å². The highest BCUT2D eigenvalue weighted by atomic mass is 16.5. The van der Waals surface area contributed by atoms with Gasteiger partial charge in [0.05, 0.1) is 23.9 Å². The predicted octanol–water partition coefficient (Wildman–Crippen LogP) is 5.19. The summed E-state index contributed by atoms with van der Waals surface area (Å²) in [6.45, 7) is 1.57. The monoisotopic (exact) mass is 398 g/mol. The summed E-state index contributed by atoms with van der Waals surface area (Å²) in [6, 6.07) is 17.4. The molecular weight excluding hydrogens is 376 g/mol. The number of aromatic nitrogens is 1. The Balaban J connectivity index is 1.86. The lowest BCUT2D eigenvalue weighted by molar-refractivity contribution is 0.0436. The molecule has 5 nitrogen and oxygen atoms in total. The van der Waals surface area contributed by atoms with Gasteiger partial charge in [-0.3, -0.25) is 0 Å². The molecule has 0 N–H and O–H groups in total. The number of fused-ring (bicyclic) bond motifs is 2. The number of ether oxygens (including phenoxy) is 2. The summed E-state index contributed by atoms with van der Waals surface area (Å²) in [5.41, 5.74) is 5.15. The normalized spacial score (nSPS) is 15.3. The summed E-state index contributed by atoms with van der Waals surface area (Å²) < 4.78 is 10.6. The minimum atomic E-state index is -0.807. The molecule has 0 radical (unpaired) electrons. The van der Waals surface area contributed by atoms with Crippen LogP contribution in [0, 0.1) is 11.3 Å². The lowest BCUT2D eigenvalue weighted by Crippen LogP contribution is -2.18. The van der Waals surface area contributed by atoms with Gasteiger partial charge in [0.2, 0.25) is 0 Å². The summed E-state index contributed by atoms with van der Waals surface area (Å²) in [5, 5.41) is 9.83. The van der Waals surface area contributed by atoms with E-state index in [1.807, 2.05) is 54.6 Å². The Kier molecular flexibility index (Phi) is 5.49. The number of para-hydroxylation sites is 1. The summed E-state index contributed by atoms with van der Waals surface area (Å²) in [5.74, 6) is 0.339. The van der Waals surface area contributed by atoms with E-state index < -0.39 is 12.1 Å². The van der Waals surface area contributed by atoms with Crippen LogP contribution in [0.25, 0.3) is 22.6 Å². The van der Waals surface area contributed by atoms with Crippen molar-refractivity contribution in [2.45, 2.75) is 32.3 Å². The lowest BCUT2D eigenvalue weighted by Gasteiger charge is -2.22. The molecule has 1 heterocycles. The molecule has 30 heavy (non-hydrogen) atoms. The number of hydrogen-bond donors (Lipinski definition) is 0. The fourth-order valence-corrected chi connectivity index (χ4v) is 3.86. The van der Waals surface area contributed by atoms with Crippen molar-refractivity contribution in [1.29, 1.82) is 5.26 Å². The Morgan fingerprint density at radius 1 is 1.17 bits per heavy atom. The maximum Gasteiger partial charge on any atom is 0.340 e.